The minimum atomic E-state index is -5.08. The topological polar surface area (TPSA) is 175 Å². The molecular formula is C48H57F4N5O8. The maximum absolute atomic E-state index is 18.0. The second-order valence-corrected chi connectivity index (χ2v) is 19.0. The third kappa shape index (κ3) is 11.0. The number of alkyl halides is 3. The fourth-order valence-corrected chi connectivity index (χ4v) is 8.59. The Balaban J connectivity index is 0.000000925. The van der Waals surface area contributed by atoms with E-state index >= 15 is 4.39 Å². The molecule has 1 saturated carbocycles. The summed E-state index contributed by atoms with van der Waals surface area (Å²) in [5.74, 6) is -3.03. The highest BCUT2D eigenvalue weighted by molar-refractivity contribution is 6.04. The van der Waals surface area contributed by atoms with Crippen LogP contribution in [0.25, 0.3) is 32.8 Å². The number of aliphatic carboxylic acids is 1. The molecule has 13 nitrogen and oxygen atoms in total. The summed E-state index contributed by atoms with van der Waals surface area (Å²) in [7, 11) is 2.07. The molecular weight excluding hydrogens is 851 g/mol. The molecule has 3 unspecified atom stereocenters. The Morgan fingerprint density at radius 3 is 2.35 bits per heavy atom. The van der Waals surface area contributed by atoms with Gasteiger partial charge in [-0.05, 0) is 134 Å². The number of hydrogen-bond donors (Lipinski definition) is 3. The monoisotopic (exact) mass is 907 g/mol. The summed E-state index contributed by atoms with van der Waals surface area (Å²) in [6, 6.07) is 15.1. The van der Waals surface area contributed by atoms with E-state index in [1.165, 1.54) is 0 Å². The number of aliphatic hydroxyl groups excluding tert-OH is 1. The van der Waals surface area contributed by atoms with Crippen molar-refractivity contribution < 1.29 is 56.4 Å². The van der Waals surface area contributed by atoms with Gasteiger partial charge < -0.3 is 39.5 Å². The highest BCUT2D eigenvalue weighted by Gasteiger charge is 2.55. The molecule has 0 spiro atoms. The summed E-state index contributed by atoms with van der Waals surface area (Å²) in [5.41, 5.74) is 1.46. The number of benzene rings is 3. The van der Waals surface area contributed by atoms with Crippen LogP contribution in [0.15, 0.2) is 42.5 Å². The fraction of sp³-hybridized carbons (Fsp3) is 0.521. The second-order valence-electron chi connectivity index (χ2n) is 19.0. The first kappa shape index (κ1) is 48.7. The number of esters is 1. The van der Waals surface area contributed by atoms with Gasteiger partial charge in [-0.15, -0.1) is 0 Å². The van der Waals surface area contributed by atoms with Crippen molar-refractivity contribution in [2.45, 2.75) is 116 Å². The van der Waals surface area contributed by atoms with Gasteiger partial charge in [-0.1, -0.05) is 24.3 Å². The molecule has 4 fully saturated rings. The van der Waals surface area contributed by atoms with Crippen LogP contribution < -0.4 is 14.8 Å². The van der Waals surface area contributed by atoms with Crippen LogP contribution in [0.4, 0.5) is 28.0 Å². The number of halogens is 4. The number of aromatic nitrogens is 1. The number of carbonyl (C=O) groups is 3. The maximum Gasteiger partial charge on any atom is 0.490 e. The summed E-state index contributed by atoms with van der Waals surface area (Å²) in [6.45, 7) is 12.7. The van der Waals surface area contributed by atoms with Gasteiger partial charge in [-0.2, -0.15) is 18.4 Å². The minimum absolute atomic E-state index is 0.0622. The molecule has 4 heterocycles. The molecule has 1 aliphatic carbocycles. The lowest BCUT2D eigenvalue weighted by Gasteiger charge is -2.38. The predicted octanol–water partition coefficient (Wildman–Crippen LogP) is 9.05. The van der Waals surface area contributed by atoms with Crippen molar-refractivity contribution in [3.05, 3.63) is 59.4 Å². The summed E-state index contributed by atoms with van der Waals surface area (Å²) in [5, 5.41) is 32.8. The Morgan fingerprint density at radius 1 is 1.03 bits per heavy atom. The van der Waals surface area contributed by atoms with Crippen molar-refractivity contribution >= 4 is 45.4 Å². The third-order valence-electron chi connectivity index (χ3n) is 11.9. The molecule has 1 aromatic heterocycles. The largest absolute Gasteiger partial charge is 0.490 e. The Bertz CT molecular complexity index is 2480. The van der Waals surface area contributed by atoms with E-state index in [2.05, 4.69) is 23.3 Å². The number of aliphatic hydroxyl groups is 1. The molecule has 17 heteroatoms. The number of fused-ring (bicyclic) bond motifs is 3. The number of nitrogens with zero attached hydrogens (tertiary/aromatic N) is 4. The van der Waals surface area contributed by atoms with Gasteiger partial charge >= 0.3 is 24.2 Å². The van der Waals surface area contributed by atoms with Gasteiger partial charge in [0.1, 0.15) is 23.5 Å². The molecule has 3 aromatic carbocycles. The number of likely N-dealkylation sites (N-methyl/N-ethyl adjacent to an activating group) is 1. The predicted molar refractivity (Wildman–Crippen MR) is 236 cm³/mol. The van der Waals surface area contributed by atoms with Crippen LogP contribution in [-0.2, 0) is 27.2 Å². The van der Waals surface area contributed by atoms with Crippen LogP contribution in [0.3, 0.4) is 0 Å². The molecule has 65 heavy (non-hydrogen) atoms. The lowest BCUT2D eigenvalue weighted by Crippen LogP contribution is -2.50. The number of carbonyl (C=O) groups excluding carboxylic acids is 2. The number of hydrogen-bond acceptors (Lipinski definition) is 11. The number of pyridine rings is 1. The van der Waals surface area contributed by atoms with E-state index in [1.54, 1.807) is 37.8 Å². The highest BCUT2D eigenvalue weighted by atomic mass is 19.4. The standard InChI is InChI=1S/C46H56FN5O6.C2HF3O2/c1-45(2,3)43(54)57-31-21-27-13-8-9-16-32(27)34(24-31)37-28(14-10-18-48)22-35-40(49-39-29-23-36(39)52(25-29)44(55)58-46(4,5)6)33(17-12-20-53)42(50-41(35)38(37)47)56-26-30-15-11-19-51(30)7;3-2(4,5)1(6)7/h8-9,13,16,21-22,24,29-30,36,39,53H,10-12,14-15,17,19-20,23,25-26H2,1-7H3,(H,49,50);(H,6,7)/t29?,30-,36?,39?;/m0./s1. The third-order valence-corrected chi connectivity index (χ3v) is 11.9. The van der Waals surface area contributed by atoms with E-state index in [-0.39, 0.29) is 66.4 Å². The van der Waals surface area contributed by atoms with Crippen molar-refractivity contribution in [2.24, 2.45) is 11.3 Å². The SMILES string of the molecule is CN1CCC[C@H]1COc1nc2c(F)c(-c3cc(OC(=O)C(C)(C)C)cc4ccccc34)c(CCC#N)cc2c(NC2C3CC2N(C(=O)OC(C)(C)C)C3)c1CCCO.O=C(O)C(F)(F)F. The van der Waals surface area contributed by atoms with Crippen LogP contribution >= 0.6 is 0 Å². The Labute approximate surface area is 375 Å². The summed E-state index contributed by atoms with van der Waals surface area (Å²) in [6.07, 6.45) is -1.37. The van der Waals surface area contributed by atoms with Crippen LogP contribution in [0.1, 0.15) is 84.8 Å². The van der Waals surface area contributed by atoms with Gasteiger partial charge in [0.05, 0.1) is 29.3 Å². The molecule has 3 saturated heterocycles. The molecule has 350 valence electrons. The van der Waals surface area contributed by atoms with Gasteiger partial charge in [0.15, 0.2) is 5.82 Å². The number of likely N-dealkylation sites (tertiary alicyclic amines) is 1. The van der Waals surface area contributed by atoms with Crippen molar-refractivity contribution in [3.63, 3.8) is 0 Å². The lowest BCUT2D eigenvalue weighted by molar-refractivity contribution is -0.192. The first-order chi connectivity index (χ1) is 30.5. The quantitative estimate of drug-likeness (QED) is 0.0700. The average Bonchev–Trinajstić information content (AvgIpc) is 3.95. The van der Waals surface area contributed by atoms with E-state index in [9.17, 15) is 33.1 Å². The molecule has 0 radical (unpaired) electrons. The number of nitrogens with one attached hydrogen (secondary N) is 1. The normalized spacial score (nSPS) is 19.6. The molecule has 1 amide bonds. The van der Waals surface area contributed by atoms with Crippen molar-refractivity contribution in [1.82, 2.24) is 14.8 Å². The van der Waals surface area contributed by atoms with E-state index in [1.807, 2.05) is 51.1 Å². The number of ether oxygens (including phenoxy) is 3. The van der Waals surface area contributed by atoms with Gasteiger partial charge in [0, 0.05) is 48.0 Å². The number of anilines is 1. The first-order valence-corrected chi connectivity index (χ1v) is 21.8. The van der Waals surface area contributed by atoms with Crippen LogP contribution in [0.5, 0.6) is 11.6 Å². The molecule has 4 aliphatic rings. The van der Waals surface area contributed by atoms with Gasteiger partial charge in [-0.3, -0.25) is 4.79 Å². The molecule has 3 N–H and O–H groups in total. The zero-order valence-corrected chi connectivity index (χ0v) is 37.8. The first-order valence-electron chi connectivity index (χ1n) is 21.8. The molecule has 4 aromatic rings. The number of carboxylic acid groups (broad SMARTS) is 1. The van der Waals surface area contributed by atoms with Crippen molar-refractivity contribution in [2.75, 3.05) is 38.7 Å². The van der Waals surface area contributed by atoms with Crippen LogP contribution in [0, 0.1) is 28.5 Å². The highest BCUT2D eigenvalue weighted by Crippen LogP contribution is 2.48. The summed E-state index contributed by atoms with van der Waals surface area (Å²) < 4.78 is 68.0. The van der Waals surface area contributed by atoms with Crippen LogP contribution in [0.2, 0.25) is 0 Å². The van der Waals surface area contributed by atoms with Gasteiger partial charge in [0.2, 0.25) is 5.88 Å². The molecule has 8 rings (SSSR count). The Morgan fingerprint density at radius 2 is 1.74 bits per heavy atom. The zero-order valence-electron chi connectivity index (χ0n) is 37.8. The van der Waals surface area contributed by atoms with E-state index in [4.69, 9.17) is 29.1 Å². The van der Waals surface area contributed by atoms with Crippen molar-refractivity contribution in [1.29, 1.82) is 5.26 Å². The lowest BCUT2D eigenvalue weighted by atomic mass is 9.79. The van der Waals surface area contributed by atoms with E-state index < -0.39 is 34.9 Å². The number of amides is 1. The van der Waals surface area contributed by atoms with Crippen LogP contribution in [-0.4, -0.2) is 106 Å². The van der Waals surface area contributed by atoms with Gasteiger partial charge in [0.25, 0.3) is 0 Å². The van der Waals surface area contributed by atoms with E-state index in [0.717, 1.165) is 42.1 Å². The number of nitriles is 1. The van der Waals surface area contributed by atoms with E-state index in [0.29, 0.717) is 54.1 Å². The van der Waals surface area contributed by atoms with Crippen molar-refractivity contribution in [3.8, 4) is 28.8 Å². The second kappa shape index (κ2) is 19.4. The minimum Gasteiger partial charge on any atom is -0.476 e. The maximum atomic E-state index is 18.0. The number of rotatable bonds is 12. The Kier molecular flexibility index (Phi) is 14.5. The molecule has 3 aliphatic heterocycles. The number of aryl methyl sites for hydroxylation is 1. The summed E-state index contributed by atoms with van der Waals surface area (Å²) in [4.78, 5) is 44.3. The number of carboxylic acids is 1. The Hall–Kier alpha value is -5.73. The fourth-order valence-electron chi connectivity index (χ4n) is 8.59. The van der Waals surface area contributed by atoms with Gasteiger partial charge in [-0.25, -0.2) is 19.0 Å². The molecule has 2 bridgehead atoms. The zero-order chi connectivity index (χ0) is 47.6. The summed E-state index contributed by atoms with van der Waals surface area (Å²) >= 11 is 0. The smallest absolute Gasteiger partial charge is 0.476 e. The average molecular weight is 908 g/mol. The molecule has 4 atom stereocenters.